The summed E-state index contributed by atoms with van der Waals surface area (Å²) in [6, 6.07) is 6.79. The van der Waals surface area contributed by atoms with Crippen LogP contribution in [0.25, 0.3) is 0 Å². The number of hydrogen-bond donors (Lipinski definition) is 1. The van der Waals surface area contributed by atoms with E-state index >= 15 is 0 Å². The lowest BCUT2D eigenvalue weighted by atomic mass is 10.1. The van der Waals surface area contributed by atoms with Crippen molar-refractivity contribution in [3.05, 3.63) is 35.4 Å². The zero-order chi connectivity index (χ0) is 20.4. The molecule has 0 aliphatic carbocycles. The van der Waals surface area contributed by atoms with Crippen LogP contribution < -0.4 is 5.32 Å². The van der Waals surface area contributed by atoms with E-state index < -0.39 is 14.4 Å². The third-order valence-electron chi connectivity index (χ3n) is 5.38. The Morgan fingerprint density at radius 3 is 2.11 bits per heavy atom. The molecule has 27 heavy (non-hydrogen) atoms. The summed E-state index contributed by atoms with van der Waals surface area (Å²) in [6.45, 7) is 13.0. The number of nitrogens with zero attached hydrogens (tertiary/aromatic N) is 1. The molecule has 148 valence electrons. The molecule has 0 saturated carbocycles. The fraction of sp³-hybridized carbons (Fsp3) is 0.550. The van der Waals surface area contributed by atoms with Crippen LogP contribution in [0.2, 0.25) is 18.1 Å². The lowest BCUT2D eigenvalue weighted by Crippen LogP contribution is -2.49. The molecule has 1 N–H and O–H groups in total. The number of rotatable bonds is 7. The zero-order valence-corrected chi connectivity index (χ0v) is 18.1. The Bertz CT molecular complexity index is 705. The van der Waals surface area contributed by atoms with Crippen LogP contribution in [0.5, 0.6) is 0 Å². The summed E-state index contributed by atoms with van der Waals surface area (Å²) in [6.07, 6.45) is -0.403. The highest BCUT2D eigenvalue weighted by atomic mass is 28.4. The van der Waals surface area contributed by atoms with Gasteiger partial charge in [0.05, 0.1) is 11.1 Å². The van der Waals surface area contributed by atoms with Crippen molar-refractivity contribution < 1.29 is 18.8 Å². The molecule has 1 aliphatic heterocycles. The molecule has 1 aliphatic rings. The van der Waals surface area contributed by atoms with Crippen molar-refractivity contribution in [2.24, 2.45) is 0 Å². The van der Waals surface area contributed by atoms with Crippen molar-refractivity contribution >= 4 is 26.0 Å². The largest absolute Gasteiger partial charge is 0.405 e. The topological polar surface area (TPSA) is 75.7 Å². The minimum Gasteiger partial charge on any atom is -0.405 e. The molecule has 6 nitrogen and oxygen atoms in total. The van der Waals surface area contributed by atoms with Crippen LogP contribution in [0.1, 0.15) is 54.8 Å². The molecule has 3 amide bonds. The Kier molecular flexibility index (Phi) is 6.27. The Labute approximate surface area is 162 Å². The summed E-state index contributed by atoms with van der Waals surface area (Å²) in [5.41, 5.74) is 0.838. The summed E-state index contributed by atoms with van der Waals surface area (Å²) in [5.74, 6) is -0.811. The molecule has 7 heteroatoms. The molecule has 0 fully saturated rings. The smallest absolute Gasteiger partial charge is 0.261 e. The van der Waals surface area contributed by atoms with Gasteiger partial charge in [-0.3, -0.25) is 19.3 Å². The number of nitrogens with one attached hydrogen (secondary N) is 1. The van der Waals surface area contributed by atoms with Gasteiger partial charge in [-0.15, -0.1) is 0 Å². The van der Waals surface area contributed by atoms with Crippen molar-refractivity contribution in [2.75, 3.05) is 13.1 Å². The lowest BCUT2D eigenvalue weighted by molar-refractivity contribution is -0.128. The molecule has 0 aromatic heterocycles. The van der Waals surface area contributed by atoms with Gasteiger partial charge in [-0.2, -0.15) is 0 Å². The Balaban J connectivity index is 2.14. The van der Waals surface area contributed by atoms with E-state index in [0.29, 0.717) is 17.7 Å². The van der Waals surface area contributed by atoms with Gasteiger partial charge in [0.15, 0.2) is 8.32 Å². The van der Waals surface area contributed by atoms with E-state index in [4.69, 9.17) is 4.43 Å². The van der Waals surface area contributed by atoms with E-state index in [2.05, 4.69) is 39.2 Å². The molecule has 0 radical (unpaired) electrons. The van der Waals surface area contributed by atoms with E-state index in [9.17, 15) is 14.4 Å². The van der Waals surface area contributed by atoms with Gasteiger partial charge in [0.1, 0.15) is 6.10 Å². The van der Waals surface area contributed by atoms with Gasteiger partial charge in [-0.25, -0.2) is 0 Å². The predicted molar refractivity (Wildman–Crippen MR) is 107 cm³/mol. The van der Waals surface area contributed by atoms with Crippen LogP contribution in [0.3, 0.4) is 0 Å². The molecule has 1 atom stereocenters. The predicted octanol–water partition coefficient (Wildman–Crippen LogP) is 3.20. The van der Waals surface area contributed by atoms with Crippen LogP contribution in [-0.2, 0) is 9.22 Å². The van der Waals surface area contributed by atoms with E-state index in [1.54, 1.807) is 24.3 Å². The highest BCUT2D eigenvalue weighted by molar-refractivity contribution is 6.74. The molecule has 0 spiro atoms. The van der Waals surface area contributed by atoms with Crippen LogP contribution in [0.15, 0.2) is 24.3 Å². The molecule has 1 aromatic rings. The number of imide groups is 1. The van der Waals surface area contributed by atoms with E-state index in [1.165, 1.54) is 4.90 Å². The number of amides is 3. The number of carbonyl (C=O) groups is 3. The minimum atomic E-state index is -2.18. The van der Waals surface area contributed by atoms with E-state index in [1.807, 2.05) is 6.92 Å². The second kappa shape index (κ2) is 7.94. The molecular weight excluding hydrogens is 360 g/mol. The molecule has 2 rings (SSSR count). The lowest BCUT2D eigenvalue weighted by Gasteiger charge is -2.39. The van der Waals surface area contributed by atoms with Gasteiger partial charge in [0.25, 0.3) is 11.8 Å². The highest BCUT2D eigenvalue weighted by Crippen LogP contribution is 2.37. The first kappa shape index (κ1) is 21.3. The molecule has 1 heterocycles. The van der Waals surface area contributed by atoms with Crippen molar-refractivity contribution in [3.63, 3.8) is 0 Å². The number of benzene rings is 1. The molecule has 0 saturated heterocycles. The van der Waals surface area contributed by atoms with Gasteiger partial charge in [-0.05, 0) is 43.6 Å². The second-order valence-electron chi connectivity index (χ2n) is 8.36. The minimum absolute atomic E-state index is 0.0483. The summed E-state index contributed by atoms with van der Waals surface area (Å²) in [7, 11) is -2.18. The first-order valence-electron chi connectivity index (χ1n) is 9.40. The average Bonchev–Trinajstić information content (AvgIpc) is 2.82. The quantitative estimate of drug-likeness (QED) is 0.573. The Hall–Kier alpha value is -1.99. The van der Waals surface area contributed by atoms with Crippen LogP contribution in [0, 0.1) is 0 Å². The fourth-order valence-electron chi connectivity index (χ4n) is 2.75. The zero-order valence-electron chi connectivity index (χ0n) is 17.1. The normalized spacial score (nSPS) is 15.7. The Morgan fingerprint density at radius 2 is 1.67 bits per heavy atom. The summed E-state index contributed by atoms with van der Waals surface area (Å²) >= 11 is 0. The summed E-state index contributed by atoms with van der Waals surface area (Å²) < 4.78 is 6.30. The van der Waals surface area contributed by atoms with E-state index in [-0.39, 0.29) is 35.7 Å². The van der Waals surface area contributed by atoms with E-state index in [0.717, 1.165) is 0 Å². The number of fused-ring (bicyclic) bond motifs is 1. The molecule has 0 bridgehead atoms. The van der Waals surface area contributed by atoms with Crippen molar-refractivity contribution in [1.29, 1.82) is 0 Å². The number of likely N-dealkylation sites (N-methyl/N-ethyl adjacent to an activating group) is 1. The first-order valence-corrected chi connectivity index (χ1v) is 12.3. The SMILES string of the molecule is CCNC(=O)C(CCN1C(=O)c2ccccc2C1=O)O[Si](C)(C)C(C)(C)C. The average molecular weight is 391 g/mol. The second-order valence-corrected chi connectivity index (χ2v) is 13.1. The number of carbonyl (C=O) groups excluding carboxylic acids is 3. The maximum absolute atomic E-state index is 12.5. The molecule has 1 unspecified atom stereocenters. The van der Waals surface area contributed by atoms with Crippen molar-refractivity contribution in [1.82, 2.24) is 10.2 Å². The maximum atomic E-state index is 12.5. The third kappa shape index (κ3) is 4.47. The first-order chi connectivity index (χ1) is 12.5. The highest BCUT2D eigenvalue weighted by Gasteiger charge is 2.41. The van der Waals surface area contributed by atoms with Crippen LogP contribution >= 0.6 is 0 Å². The number of hydrogen-bond acceptors (Lipinski definition) is 4. The fourth-order valence-corrected chi connectivity index (χ4v) is 4.04. The molecular formula is C20H30N2O4Si. The van der Waals surface area contributed by atoms with Gasteiger partial charge in [0.2, 0.25) is 5.91 Å². The summed E-state index contributed by atoms with van der Waals surface area (Å²) in [4.78, 5) is 38.8. The van der Waals surface area contributed by atoms with Crippen molar-refractivity contribution in [3.8, 4) is 0 Å². The maximum Gasteiger partial charge on any atom is 0.261 e. The monoisotopic (exact) mass is 390 g/mol. The summed E-state index contributed by atoms with van der Waals surface area (Å²) in [5, 5.41) is 2.76. The molecule has 1 aromatic carbocycles. The standard InChI is InChI=1S/C20H30N2O4Si/c1-7-21-17(23)16(26-27(5,6)20(2,3)4)12-13-22-18(24)14-10-8-9-11-15(14)19(22)25/h8-11,16H,7,12-13H2,1-6H3,(H,21,23). The Morgan fingerprint density at radius 1 is 1.15 bits per heavy atom. The van der Waals surface area contributed by atoms with Crippen molar-refractivity contribution in [2.45, 2.75) is 58.4 Å². The van der Waals surface area contributed by atoms with Gasteiger partial charge < -0.3 is 9.74 Å². The van der Waals surface area contributed by atoms with Crippen LogP contribution in [0.4, 0.5) is 0 Å². The van der Waals surface area contributed by atoms with Crippen LogP contribution in [-0.4, -0.2) is 50.1 Å². The van der Waals surface area contributed by atoms with Gasteiger partial charge in [-0.1, -0.05) is 32.9 Å². The third-order valence-corrected chi connectivity index (χ3v) is 9.87. The van der Waals surface area contributed by atoms with Gasteiger partial charge in [0, 0.05) is 13.1 Å². The van der Waals surface area contributed by atoms with Gasteiger partial charge >= 0.3 is 0 Å².